The minimum atomic E-state index is 0.150. The molecular formula is C24H32N8OS. The summed E-state index contributed by atoms with van der Waals surface area (Å²) in [4.78, 5) is 32.7. The summed E-state index contributed by atoms with van der Waals surface area (Å²) in [5.41, 5.74) is 6.46. The average Bonchev–Trinajstić information content (AvgIpc) is 3.47. The second-order valence-corrected chi connectivity index (χ2v) is 10.7. The van der Waals surface area contributed by atoms with Crippen LogP contribution in [0.15, 0.2) is 18.6 Å². The number of piperazine rings is 1. The number of thiazole rings is 1. The molecule has 5 rings (SSSR count). The van der Waals surface area contributed by atoms with Crippen LogP contribution in [-0.2, 0) is 4.79 Å². The van der Waals surface area contributed by atoms with E-state index in [1.54, 1.807) is 22.6 Å². The Morgan fingerprint density at radius 2 is 2.12 bits per heavy atom. The van der Waals surface area contributed by atoms with E-state index in [2.05, 4.69) is 58.6 Å². The van der Waals surface area contributed by atoms with Gasteiger partial charge in [-0.1, -0.05) is 25.2 Å². The number of aryl methyl sites for hydroxylation is 1. The molecule has 1 atom stereocenters. The third kappa shape index (κ3) is 3.94. The monoisotopic (exact) mass is 480 g/mol. The van der Waals surface area contributed by atoms with Crippen molar-refractivity contribution in [2.45, 2.75) is 39.7 Å². The molecule has 1 saturated heterocycles. The van der Waals surface area contributed by atoms with Crippen molar-refractivity contribution in [2.24, 2.45) is 0 Å². The SMILES string of the molecule is Cc1cc(-c2[nH]c3sc(N4CCN(CC(=O)N(C)C)CC4C)nc3c2C(C)C)cn2ncnc12. The number of aromatic nitrogens is 5. The summed E-state index contributed by atoms with van der Waals surface area (Å²) in [6, 6.07) is 2.46. The zero-order chi connectivity index (χ0) is 24.1. The highest BCUT2D eigenvalue weighted by atomic mass is 32.1. The van der Waals surface area contributed by atoms with Crippen LogP contribution >= 0.6 is 11.3 Å². The molecule has 1 N–H and O–H groups in total. The maximum atomic E-state index is 12.1. The summed E-state index contributed by atoms with van der Waals surface area (Å²) in [5.74, 6) is 0.466. The lowest BCUT2D eigenvalue weighted by Gasteiger charge is -2.39. The molecule has 1 aliphatic heterocycles. The zero-order valence-electron chi connectivity index (χ0n) is 20.7. The number of likely N-dealkylation sites (N-methyl/N-ethyl adjacent to an activating group) is 1. The fourth-order valence-electron chi connectivity index (χ4n) is 4.81. The van der Waals surface area contributed by atoms with Crippen molar-refractivity contribution in [3.63, 3.8) is 0 Å². The van der Waals surface area contributed by atoms with Gasteiger partial charge in [-0.25, -0.2) is 14.5 Å². The predicted octanol–water partition coefficient (Wildman–Crippen LogP) is 3.36. The van der Waals surface area contributed by atoms with Crippen molar-refractivity contribution in [1.29, 1.82) is 0 Å². The Labute approximate surface area is 203 Å². The molecule has 1 fully saturated rings. The van der Waals surface area contributed by atoms with E-state index in [-0.39, 0.29) is 5.91 Å². The van der Waals surface area contributed by atoms with E-state index in [0.29, 0.717) is 18.5 Å². The number of anilines is 1. The van der Waals surface area contributed by atoms with E-state index in [4.69, 9.17) is 4.98 Å². The molecule has 9 nitrogen and oxygen atoms in total. The van der Waals surface area contributed by atoms with Gasteiger partial charge >= 0.3 is 0 Å². The molecule has 0 saturated carbocycles. The van der Waals surface area contributed by atoms with Crippen molar-refractivity contribution in [3.8, 4) is 11.3 Å². The maximum Gasteiger partial charge on any atom is 0.236 e. The van der Waals surface area contributed by atoms with Crippen LogP contribution in [0.2, 0.25) is 0 Å². The Morgan fingerprint density at radius 3 is 2.82 bits per heavy atom. The summed E-state index contributed by atoms with van der Waals surface area (Å²) in [7, 11) is 3.62. The molecule has 0 aromatic carbocycles. The summed E-state index contributed by atoms with van der Waals surface area (Å²) in [6.07, 6.45) is 3.63. The molecule has 34 heavy (non-hydrogen) atoms. The number of H-pyrrole nitrogens is 1. The average molecular weight is 481 g/mol. The number of aromatic amines is 1. The molecular weight excluding hydrogens is 448 g/mol. The highest BCUT2D eigenvalue weighted by molar-refractivity contribution is 7.21. The largest absolute Gasteiger partial charge is 0.348 e. The van der Waals surface area contributed by atoms with E-state index < -0.39 is 0 Å². The van der Waals surface area contributed by atoms with Gasteiger partial charge in [-0.05, 0) is 31.4 Å². The number of carbonyl (C=O) groups excluding carboxylic acids is 1. The topological polar surface area (TPSA) is 85.7 Å². The van der Waals surface area contributed by atoms with E-state index in [1.807, 2.05) is 24.8 Å². The standard InChI is InChI=1S/C24H32N8OS/c1-14(2)19-20(17-9-15(3)22-25-13-26-32(22)11-17)27-23-21(19)28-24(34-23)31-8-7-30(10-16(31)4)12-18(33)29(5)6/h9,11,13-14,16,27H,7-8,10,12H2,1-6H3. The number of nitrogens with one attached hydrogen (secondary N) is 1. The second-order valence-electron chi connectivity index (χ2n) is 9.75. The van der Waals surface area contributed by atoms with E-state index >= 15 is 0 Å². The molecule has 0 radical (unpaired) electrons. The molecule has 4 aromatic rings. The Bertz CT molecular complexity index is 1350. The number of hydrogen-bond donors (Lipinski definition) is 1. The number of pyridine rings is 1. The molecule has 180 valence electrons. The molecule has 0 spiro atoms. The fourth-order valence-corrected chi connectivity index (χ4v) is 5.93. The van der Waals surface area contributed by atoms with Crippen molar-refractivity contribution >= 4 is 38.4 Å². The van der Waals surface area contributed by atoms with E-state index in [9.17, 15) is 4.79 Å². The van der Waals surface area contributed by atoms with Crippen LogP contribution in [0, 0.1) is 6.92 Å². The zero-order valence-corrected chi connectivity index (χ0v) is 21.5. The molecule has 1 unspecified atom stereocenters. The van der Waals surface area contributed by atoms with Crippen LogP contribution in [0.3, 0.4) is 0 Å². The fraction of sp³-hybridized carbons (Fsp3) is 0.500. The lowest BCUT2D eigenvalue weighted by atomic mass is 9.99. The molecule has 5 heterocycles. The van der Waals surface area contributed by atoms with Crippen molar-refractivity contribution in [1.82, 2.24) is 34.4 Å². The van der Waals surface area contributed by atoms with Gasteiger partial charge in [-0.3, -0.25) is 9.69 Å². The number of rotatable bonds is 5. The van der Waals surface area contributed by atoms with Gasteiger partial charge in [0, 0.05) is 57.1 Å². The smallest absolute Gasteiger partial charge is 0.236 e. The molecule has 1 aliphatic rings. The first-order chi connectivity index (χ1) is 16.2. The second kappa shape index (κ2) is 8.66. The van der Waals surface area contributed by atoms with Crippen LogP contribution in [-0.4, -0.2) is 86.6 Å². The van der Waals surface area contributed by atoms with Gasteiger partial charge in [0.2, 0.25) is 5.91 Å². The van der Waals surface area contributed by atoms with E-state index in [0.717, 1.165) is 57.6 Å². The van der Waals surface area contributed by atoms with Crippen LogP contribution in [0.25, 0.3) is 27.3 Å². The lowest BCUT2D eigenvalue weighted by Crippen LogP contribution is -2.54. The lowest BCUT2D eigenvalue weighted by molar-refractivity contribution is -0.130. The Kier molecular flexibility index (Phi) is 5.81. The first-order valence-electron chi connectivity index (χ1n) is 11.7. The van der Waals surface area contributed by atoms with Crippen molar-refractivity contribution < 1.29 is 4.79 Å². The third-order valence-corrected chi connectivity index (χ3v) is 7.63. The summed E-state index contributed by atoms with van der Waals surface area (Å²) in [5, 5.41) is 5.39. The van der Waals surface area contributed by atoms with E-state index in [1.165, 1.54) is 5.56 Å². The van der Waals surface area contributed by atoms with Crippen LogP contribution < -0.4 is 4.90 Å². The number of hydrogen-bond acceptors (Lipinski definition) is 7. The van der Waals surface area contributed by atoms with Gasteiger partial charge in [-0.2, -0.15) is 5.10 Å². The first kappa shape index (κ1) is 22.8. The Balaban J connectivity index is 1.45. The number of carbonyl (C=O) groups is 1. The van der Waals surface area contributed by atoms with Crippen molar-refractivity contribution in [2.75, 3.05) is 45.2 Å². The Hall–Kier alpha value is -2.98. The first-order valence-corrected chi connectivity index (χ1v) is 12.6. The van der Waals surface area contributed by atoms with Gasteiger partial charge in [0.25, 0.3) is 0 Å². The predicted molar refractivity (Wildman–Crippen MR) is 137 cm³/mol. The molecule has 10 heteroatoms. The number of fused-ring (bicyclic) bond motifs is 2. The Morgan fingerprint density at radius 1 is 1.32 bits per heavy atom. The maximum absolute atomic E-state index is 12.1. The highest BCUT2D eigenvalue weighted by Gasteiger charge is 2.29. The van der Waals surface area contributed by atoms with Crippen LogP contribution in [0.1, 0.15) is 37.8 Å². The van der Waals surface area contributed by atoms with Crippen LogP contribution in [0.5, 0.6) is 0 Å². The van der Waals surface area contributed by atoms with Gasteiger partial charge in [0.1, 0.15) is 16.7 Å². The molecule has 4 aromatic heterocycles. The minimum Gasteiger partial charge on any atom is -0.348 e. The van der Waals surface area contributed by atoms with Gasteiger partial charge < -0.3 is 14.8 Å². The van der Waals surface area contributed by atoms with Gasteiger partial charge in [0.05, 0.1) is 12.2 Å². The third-order valence-electron chi connectivity index (χ3n) is 6.62. The van der Waals surface area contributed by atoms with Crippen LogP contribution in [0.4, 0.5) is 5.13 Å². The van der Waals surface area contributed by atoms with Crippen molar-refractivity contribution in [3.05, 3.63) is 29.7 Å². The minimum absolute atomic E-state index is 0.150. The molecule has 0 bridgehead atoms. The van der Waals surface area contributed by atoms with Gasteiger partial charge in [0.15, 0.2) is 10.8 Å². The number of nitrogens with zero attached hydrogens (tertiary/aromatic N) is 7. The quantitative estimate of drug-likeness (QED) is 0.471. The molecule has 0 aliphatic carbocycles. The summed E-state index contributed by atoms with van der Waals surface area (Å²) < 4.78 is 1.84. The normalized spacial score (nSPS) is 17.4. The van der Waals surface area contributed by atoms with Gasteiger partial charge in [-0.15, -0.1) is 0 Å². The summed E-state index contributed by atoms with van der Waals surface area (Å²) >= 11 is 1.71. The summed E-state index contributed by atoms with van der Waals surface area (Å²) in [6.45, 7) is 11.8. The number of amides is 1. The molecule has 1 amide bonds. The highest BCUT2D eigenvalue weighted by Crippen LogP contribution is 2.40.